The van der Waals surface area contributed by atoms with E-state index in [9.17, 15) is 4.79 Å². The number of anilines is 1. The van der Waals surface area contributed by atoms with Crippen LogP contribution >= 0.6 is 11.6 Å². The van der Waals surface area contributed by atoms with Crippen LogP contribution in [0.3, 0.4) is 0 Å². The van der Waals surface area contributed by atoms with E-state index in [-0.39, 0.29) is 12.0 Å². The second-order valence-electron chi connectivity index (χ2n) is 4.95. The molecule has 19 heavy (non-hydrogen) atoms. The van der Waals surface area contributed by atoms with Gasteiger partial charge in [0, 0.05) is 5.69 Å². The fraction of sp³-hybridized carbons (Fsp3) is 0.500. The Morgan fingerprint density at radius 3 is 2.74 bits per heavy atom. The third kappa shape index (κ3) is 3.85. The molecule has 4 nitrogen and oxygen atoms in total. The van der Waals surface area contributed by atoms with Crippen LogP contribution in [0, 0.1) is 0 Å². The van der Waals surface area contributed by atoms with Gasteiger partial charge in [-0.2, -0.15) is 0 Å². The quantitative estimate of drug-likeness (QED) is 0.892. The maximum atomic E-state index is 11.5. The molecule has 1 aliphatic rings. The highest BCUT2D eigenvalue weighted by Crippen LogP contribution is 2.31. The summed E-state index contributed by atoms with van der Waals surface area (Å²) < 4.78 is 5.84. The molecule has 0 aromatic heterocycles. The molecule has 1 aromatic carbocycles. The number of nitrogens with two attached hydrogens (primary N) is 1. The van der Waals surface area contributed by atoms with E-state index in [0.717, 1.165) is 12.8 Å². The molecule has 1 fully saturated rings. The second kappa shape index (κ2) is 6.26. The minimum atomic E-state index is -0.548. The monoisotopic (exact) mass is 282 g/mol. The van der Waals surface area contributed by atoms with Gasteiger partial charge in [-0.1, -0.05) is 11.6 Å². The molecular weight excluding hydrogens is 264 g/mol. The summed E-state index contributed by atoms with van der Waals surface area (Å²) in [5, 5.41) is 3.21. The molecular formula is C14H19ClN2O2. The molecule has 5 heteroatoms. The number of halogens is 1. The maximum absolute atomic E-state index is 11.5. The van der Waals surface area contributed by atoms with Crippen molar-refractivity contribution in [1.29, 1.82) is 0 Å². The number of hydrogen-bond acceptors (Lipinski definition) is 3. The number of ether oxygens (including phenoxy) is 1. The largest absolute Gasteiger partial charge is 0.489 e. The Kier molecular flexibility index (Phi) is 4.66. The van der Waals surface area contributed by atoms with Crippen molar-refractivity contribution in [2.75, 3.05) is 5.32 Å². The highest BCUT2D eigenvalue weighted by atomic mass is 35.5. The van der Waals surface area contributed by atoms with E-state index in [1.165, 1.54) is 12.8 Å². The van der Waals surface area contributed by atoms with E-state index in [4.69, 9.17) is 22.1 Å². The zero-order valence-corrected chi connectivity index (χ0v) is 11.7. The summed E-state index contributed by atoms with van der Waals surface area (Å²) >= 11 is 6.16. The minimum absolute atomic E-state index is 0.236. The van der Waals surface area contributed by atoms with Crippen LogP contribution in [0.2, 0.25) is 5.02 Å². The van der Waals surface area contributed by atoms with Crippen molar-refractivity contribution in [2.45, 2.75) is 44.8 Å². The van der Waals surface area contributed by atoms with E-state index in [1.807, 2.05) is 0 Å². The lowest BCUT2D eigenvalue weighted by molar-refractivity contribution is -0.117. The summed E-state index contributed by atoms with van der Waals surface area (Å²) in [6.45, 7) is 1.63. The van der Waals surface area contributed by atoms with E-state index < -0.39 is 6.04 Å². The zero-order chi connectivity index (χ0) is 13.8. The van der Waals surface area contributed by atoms with Gasteiger partial charge in [0.15, 0.2) is 0 Å². The van der Waals surface area contributed by atoms with Crippen molar-refractivity contribution in [1.82, 2.24) is 0 Å². The van der Waals surface area contributed by atoms with E-state index in [0.29, 0.717) is 16.5 Å². The predicted octanol–water partition coefficient (Wildman–Crippen LogP) is 2.95. The Balaban J connectivity index is 2.02. The summed E-state index contributed by atoms with van der Waals surface area (Å²) in [7, 11) is 0. The lowest BCUT2D eigenvalue weighted by Gasteiger charge is -2.15. The Bertz CT molecular complexity index is 457. The molecule has 0 unspecified atom stereocenters. The normalized spacial score (nSPS) is 17.2. The molecule has 0 bridgehead atoms. The van der Waals surface area contributed by atoms with Crippen molar-refractivity contribution in [3.8, 4) is 5.75 Å². The Labute approximate surface area is 118 Å². The summed E-state index contributed by atoms with van der Waals surface area (Å²) in [4.78, 5) is 11.5. The lowest BCUT2D eigenvalue weighted by Crippen LogP contribution is -2.32. The van der Waals surface area contributed by atoms with Gasteiger partial charge in [0.1, 0.15) is 5.75 Å². The smallest absolute Gasteiger partial charge is 0.240 e. The lowest BCUT2D eigenvalue weighted by atomic mass is 10.2. The van der Waals surface area contributed by atoms with Crippen LogP contribution in [-0.2, 0) is 4.79 Å². The highest BCUT2D eigenvalue weighted by Gasteiger charge is 2.18. The number of benzene rings is 1. The first-order chi connectivity index (χ1) is 9.06. The number of amides is 1. The van der Waals surface area contributed by atoms with Crippen LogP contribution in [-0.4, -0.2) is 18.1 Å². The maximum Gasteiger partial charge on any atom is 0.240 e. The number of hydrogen-bond donors (Lipinski definition) is 2. The Morgan fingerprint density at radius 2 is 2.16 bits per heavy atom. The molecule has 104 valence electrons. The van der Waals surface area contributed by atoms with E-state index in [2.05, 4.69) is 5.32 Å². The van der Waals surface area contributed by atoms with Crippen LogP contribution in [0.25, 0.3) is 0 Å². The van der Waals surface area contributed by atoms with E-state index >= 15 is 0 Å². The van der Waals surface area contributed by atoms with Gasteiger partial charge in [-0.25, -0.2) is 0 Å². The summed E-state index contributed by atoms with van der Waals surface area (Å²) in [6, 6.07) is 4.70. The number of rotatable bonds is 4. The minimum Gasteiger partial charge on any atom is -0.489 e. The average Bonchev–Trinajstić information content (AvgIpc) is 2.85. The van der Waals surface area contributed by atoms with Gasteiger partial charge in [-0.05, 0) is 50.8 Å². The van der Waals surface area contributed by atoms with Crippen LogP contribution in [0.1, 0.15) is 32.6 Å². The van der Waals surface area contributed by atoms with Gasteiger partial charge < -0.3 is 15.8 Å². The van der Waals surface area contributed by atoms with Gasteiger partial charge in [-0.3, -0.25) is 4.79 Å². The van der Waals surface area contributed by atoms with Crippen molar-refractivity contribution in [3.05, 3.63) is 23.2 Å². The first kappa shape index (κ1) is 14.2. The van der Waals surface area contributed by atoms with Crippen LogP contribution in [0.15, 0.2) is 18.2 Å². The molecule has 1 atom stereocenters. The van der Waals surface area contributed by atoms with Crippen LogP contribution in [0.5, 0.6) is 5.75 Å². The molecule has 0 saturated heterocycles. The second-order valence-corrected chi connectivity index (χ2v) is 5.35. The molecule has 3 N–H and O–H groups in total. The molecule has 1 saturated carbocycles. The number of carbonyl (C=O) groups is 1. The number of nitrogens with one attached hydrogen (secondary N) is 1. The molecule has 1 amide bonds. The predicted molar refractivity (Wildman–Crippen MR) is 76.6 cm³/mol. The van der Waals surface area contributed by atoms with Gasteiger partial charge in [-0.15, -0.1) is 0 Å². The molecule has 0 radical (unpaired) electrons. The van der Waals surface area contributed by atoms with Gasteiger partial charge >= 0.3 is 0 Å². The summed E-state index contributed by atoms with van der Waals surface area (Å²) in [5.74, 6) is 0.438. The Morgan fingerprint density at radius 1 is 1.47 bits per heavy atom. The fourth-order valence-corrected chi connectivity index (χ4v) is 2.34. The molecule has 0 heterocycles. The summed E-state index contributed by atoms with van der Waals surface area (Å²) in [5.41, 5.74) is 6.12. The molecule has 0 aliphatic heterocycles. The summed E-state index contributed by atoms with van der Waals surface area (Å²) in [6.07, 6.45) is 4.86. The van der Waals surface area contributed by atoms with Crippen molar-refractivity contribution < 1.29 is 9.53 Å². The highest BCUT2D eigenvalue weighted by molar-refractivity contribution is 6.32. The van der Waals surface area contributed by atoms with Crippen molar-refractivity contribution in [3.63, 3.8) is 0 Å². The van der Waals surface area contributed by atoms with Gasteiger partial charge in [0.05, 0.1) is 17.2 Å². The van der Waals surface area contributed by atoms with Gasteiger partial charge in [0.2, 0.25) is 5.91 Å². The van der Waals surface area contributed by atoms with Crippen molar-refractivity contribution in [2.24, 2.45) is 5.73 Å². The standard InChI is InChI=1S/C14H19ClN2O2/c1-9(16)14(18)17-10-6-7-13(12(15)8-10)19-11-4-2-3-5-11/h6-9,11H,2-5,16H2,1H3,(H,17,18)/t9-/m0/s1. The molecule has 1 aromatic rings. The van der Waals surface area contributed by atoms with E-state index in [1.54, 1.807) is 25.1 Å². The first-order valence-corrected chi connectivity index (χ1v) is 6.96. The molecule has 2 rings (SSSR count). The average molecular weight is 283 g/mol. The molecule has 1 aliphatic carbocycles. The molecule has 0 spiro atoms. The Hall–Kier alpha value is -1.26. The van der Waals surface area contributed by atoms with Crippen LogP contribution in [0.4, 0.5) is 5.69 Å². The third-order valence-corrected chi connectivity index (χ3v) is 3.50. The van der Waals surface area contributed by atoms with Crippen LogP contribution < -0.4 is 15.8 Å². The SMILES string of the molecule is C[C@H](N)C(=O)Nc1ccc(OC2CCCC2)c(Cl)c1. The topological polar surface area (TPSA) is 64.4 Å². The van der Waals surface area contributed by atoms with Crippen molar-refractivity contribution >= 4 is 23.2 Å². The number of carbonyl (C=O) groups excluding carboxylic acids is 1. The van der Waals surface area contributed by atoms with Gasteiger partial charge in [0.25, 0.3) is 0 Å². The third-order valence-electron chi connectivity index (χ3n) is 3.21. The fourth-order valence-electron chi connectivity index (χ4n) is 2.12. The first-order valence-electron chi connectivity index (χ1n) is 6.59. The zero-order valence-electron chi connectivity index (χ0n) is 11.0.